The number of likely N-dealkylation sites (tertiary alicyclic amines) is 1. The summed E-state index contributed by atoms with van der Waals surface area (Å²) in [6, 6.07) is 20.2. The van der Waals surface area contributed by atoms with Crippen LogP contribution in [0.25, 0.3) is 16.7 Å². The van der Waals surface area contributed by atoms with Crippen molar-refractivity contribution in [2.24, 2.45) is 5.92 Å². The topological polar surface area (TPSA) is 136 Å². The van der Waals surface area contributed by atoms with Crippen molar-refractivity contribution in [2.75, 3.05) is 30.3 Å². The van der Waals surface area contributed by atoms with Gasteiger partial charge in [0.15, 0.2) is 0 Å². The maximum Gasteiger partial charge on any atom is 0.334 e. The smallest absolute Gasteiger partial charge is 0.334 e. The summed E-state index contributed by atoms with van der Waals surface area (Å²) < 4.78 is 20.9. The van der Waals surface area contributed by atoms with Crippen LogP contribution in [0.3, 0.4) is 0 Å². The summed E-state index contributed by atoms with van der Waals surface area (Å²) >= 11 is 0. The summed E-state index contributed by atoms with van der Waals surface area (Å²) in [6.07, 6.45) is 6.11. The number of hydrogen-bond donors (Lipinski definition) is 1. The number of carbonyl (C=O) groups excluding carboxylic acids is 1. The van der Waals surface area contributed by atoms with E-state index in [1.807, 2.05) is 30.3 Å². The van der Waals surface area contributed by atoms with Crippen molar-refractivity contribution in [2.45, 2.75) is 31.7 Å². The molecule has 0 bridgehead atoms. The van der Waals surface area contributed by atoms with E-state index in [1.165, 1.54) is 0 Å². The highest BCUT2D eigenvalue weighted by Gasteiger charge is 2.31. The molecular formula is C32H32N6O4S. The lowest BCUT2D eigenvalue weighted by atomic mass is 9.98. The van der Waals surface area contributed by atoms with Gasteiger partial charge in [-0.15, -0.1) is 0 Å². The van der Waals surface area contributed by atoms with Crippen molar-refractivity contribution in [3.63, 3.8) is 0 Å². The Balaban J connectivity index is 1.30. The maximum absolute atomic E-state index is 14.1. The number of nitrogen functional groups attached to an aromatic ring is 1. The van der Waals surface area contributed by atoms with E-state index in [0.29, 0.717) is 72.0 Å². The van der Waals surface area contributed by atoms with Gasteiger partial charge in [0.25, 0.3) is 5.91 Å². The molecule has 2 aliphatic heterocycles. The maximum atomic E-state index is 14.1. The highest BCUT2D eigenvalue weighted by Crippen LogP contribution is 2.30. The average molecular weight is 597 g/mol. The first kappa shape index (κ1) is 28.4. The fourth-order valence-corrected chi connectivity index (χ4v) is 7.30. The van der Waals surface area contributed by atoms with Crippen LogP contribution < -0.4 is 16.2 Å². The van der Waals surface area contributed by atoms with Crippen LogP contribution in [-0.2, 0) is 15.6 Å². The van der Waals surface area contributed by atoms with Gasteiger partial charge in [-0.3, -0.25) is 18.1 Å². The number of rotatable bonds is 6. The number of nitriles is 1. The van der Waals surface area contributed by atoms with Gasteiger partial charge in [-0.05, 0) is 74.1 Å². The molecule has 2 aliphatic rings. The highest BCUT2D eigenvalue weighted by atomic mass is 32.2. The molecule has 6 rings (SSSR count). The molecule has 11 heteroatoms. The van der Waals surface area contributed by atoms with Crippen molar-refractivity contribution < 1.29 is 13.7 Å². The summed E-state index contributed by atoms with van der Waals surface area (Å²) in [6.45, 7) is 0.792. The van der Waals surface area contributed by atoms with Gasteiger partial charge in [-0.25, -0.2) is 9.78 Å². The molecule has 0 spiro atoms. The number of nitrogens with zero attached hydrogens (tertiary/aromatic N) is 5. The molecule has 4 aromatic rings. The first-order chi connectivity index (χ1) is 20.9. The molecule has 0 saturated carbocycles. The van der Waals surface area contributed by atoms with Crippen LogP contribution >= 0.6 is 0 Å². The van der Waals surface area contributed by atoms with Crippen LogP contribution in [0.5, 0.6) is 11.5 Å². The van der Waals surface area contributed by atoms with Crippen LogP contribution in [0.4, 0.5) is 5.82 Å². The Kier molecular flexibility index (Phi) is 8.11. The lowest BCUT2D eigenvalue weighted by molar-refractivity contribution is -0.128. The zero-order valence-electron chi connectivity index (χ0n) is 23.6. The Morgan fingerprint density at radius 2 is 1.77 bits per heavy atom. The molecule has 1 atom stereocenters. The quantitative estimate of drug-likeness (QED) is 0.258. The number of hydrogen-bond acceptors (Lipinski definition) is 7. The number of fused-ring (bicyclic) bond motifs is 1. The van der Waals surface area contributed by atoms with E-state index in [4.69, 9.17) is 10.5 Å². The number of imidazole rings is 1. The standard InChI is InChI=1S/C32H32N6O4S/c33-20-23(19-22-13-17-43(41)18-14-22)31(39)36-16-4-5-25(21-36)37-28-12-15-35-30(34)29(28)38(32(37)40)24-8-10-27(11-9-24)42-26-6-2-1-3-7-26/h1-3,6-12,15,19,22,25H,4-5,13-14,16-18,21H2,(H2,34,35)/b23-19+/t22?,25-,43?/m1/s1. The minimum atomic E-state index is -0.818. The molecule has 2 aromatic heterocycles. The molecule has 0 radical (unpaired) electrons. The van der Waals surface area contributed by atoms with Crippen LogP contribution in [-0.4, -0.2) is 53.7 Å². The predicted molar refractivity (Wildman–Crippen MR) is 165 cm³/mol. The Labute approximate surface area is 251 Å². The lowest BCUT2D eigenvalue weighted by Crippen LogP contribution is -2.43. The average Bonchev–Trinajstić information content (AvgIpc) is 3.34. The van der Waals surface area contributed by atoms with Crippen molar-refractivity contribution >= 4 is 33.6 Å². The first-order valence-electron chi connectivity index (χ1n) is 14.4. The Bertz CT molecular complexity index is 1800. The van der Waals surface area contributed by atoms with E-state index >= 15 is 0 Å². The number of carbonyl (C=O) groups is 1. The number of ether oxygens (including phenoxy) is 1. The minimum absolute atomic E-state index is 0.0671. The molecular weight excluding hydrogens is 564 g/mol. The minimum Gasteiger partial charge on any atom is -0.457 e. The first-order valence-corrected chi connectivity index (χ1v) is 15.9. The van der Waals surface area contributed by atoms with E-state index in [1.54, 1.807) is 56.6 Å². The SMILES string of the molecule is N#C/C(=C\C1CCS(=O)CC1)C(=O)N1CCC[C@@H](n2c(=O)n(-c3ccc(Oc4ccccc4)cc3)c3c(N)nccc32)C1. The van der Waals surface area contributed by atoms with Crippen LogP contribution in [0.2, 0.25) is 0 Å². The second kappa shape index (κ2) is 12.3. The van der Waals surface area contributed by atoms with Gasteiger partial charge < -0.3 is 15.4 Å². The molecule has 2 aromatic carbocycles. The van der Waals surface area contributed by atoms with E-state index < -0.39 is 10.8 Å². The molecule has 1 amide bonds. The molecule has 2 fully saturated rings. The monoisotopic (exact) mass is 596 g/mol. The fourth-order valence-electron chi connectivity index (χ4n) is 5.96. The van der Waals surface area contributed by atoms with Gasteiger partial charge in [0.05, 0.1) is 17.2 Å². The van der Waals surface area contributed by atoms with E-state index in [2.05, 4.69) is 11.1 Å². The van der Waals surface area contributed by atoms with Gasteiger partial charge in [0, 0.05) is 41.6 Å². The van der Waals surface area contributed by atoms with Crippen molar-refractivity contribution in [3.05, 3.63) is 89.0 Å². The number of piperidine rings is 1. The summed E-state index contributed by atoms with van der Waals surface area (Å²) in [5.41, 5.74) is 7.91. The lowest BCUT2D eigenvalue weighted by Gasteiger charge is -2.33. The molecule has 10 nitrogen and oxygen atoms in total. The van der Waals surface area contributed by atoms with Gasteiger partial charge in [-0.1, -0.05) is 24.3 Å². The zero-order chi connectivity index (χ0) is 29.9. The van der Waals surface area contributed by atoms with E-state index in [0.717, 1.165) is 0 Å². The third-order valence-electron chi connectivity index (χ3n) is 8.12. The van der Waals surface area contributed by atoms with Crippen molar-refractivity contribution in [1.82, 2.24) is 19.0 Å². The molecule has 220 valence electrons. The van der Waals surface area contributed by atoms with Crippen LogP contribution in [0.1, 0.15) is 31.7 Å². The van der Waals surface area contributed by atoms with Gasteiger partial charge in [0.1, 0.15) is 34.5 Å². The number of amides is 1. The normalized spacial score (nSPS) is 21.0. The summed E-state index contributed by atoms with van der Waals surface area (Å²) in [5.74, 6) is 2.48. The molecule has 2 N–H and O–H groups in total. The van der Waals surface area contributed by atoms with Gasteiger partial charge in [-0.2, -0.15) is 5.26 Å². The number of pyridine rings is 1. The Morgan fingerprint density at radius 1 is 1.05 bits per heavy atom. The van der Waals surface area contributed by atoms with Crippen molar-refractivity contribution in [1.29, 1.82) is 5.26 Å². The number of para-hydroxylation sites is 1. The second-order valence-electron chi connectivity index (χ2n) is 10.9. The number of allylic oxidation sites excluding steroid dienone is 1. The van der Waals surface area contributed by atoms with Crippen molar-refractivity contribution in [3.8, 4) is 23.3 Å². The largest absolute Gasteiger partial charge is 0.457 e. The second-order valence-corrected chi connectivity index (χ2v) is 12.6. The predicted octanol–water partition coefficient (Wildman–Crippen LogP) is 4.33. The van der Waals surface area contributed by atoms with Crippen LogP contribution in [0.15, 0.2) is 83.3 Å². The Hall–Kier alpha value is -4.69. The number of anilines is 1. The molecule has 2 saturated heterocycles. The highest BCUT2D eigenvalue weighted by molar-refractivity contribution is 7.85. The van der Waals surface area contributed by atoms with E-state index in [-0.39, 0.29) is 41.5 Å². The molecule has 43 heavy (non-hydrogen) atoms. The van der Waals surface area contributed by atoms with Crippen LogP contribution in [0, 0.1) is 17.2 Å². The molecule has 4 heterocycles. The summed E-state index contributed by atoms with van der Waals surface area (Å²) in [4.78, 5) is 33.5. The fraction of sp³-hybridized carbons (Fsp3) is 0.312. The number of aromatic nitrogens is 3. The third-order valence-corrected chi connectivity index (χ3v) is 9.50. The zero-order valence-corrected chi connectivity index (χ0v) is 24.4. The van der Waals surface area contributed by atoms with E-state index in [9.17, 15) is 19.1 Å². The number of nitrogens with two attached hydrogens (primary N) is 1. The Morgan fingerprint density at radius 3 is 2.49 bits per heavy atom. The summed E-state index contributed by atoms with van der Waals surface area (Å²) in [5, 5.41) is 9.83. The third kappa shape index (κ3) is 5.83. The summed E-state index contributed by atoms with van der Waals surface area (Å²) in [7, 11) is -0.818. The number of benzene rings is 2. The van der Waals surface area contributed by atoms with Gasteiger partial charge >= 0.3 is 5.69 Å². The van der Waals surface area contributed by atoms with Gasteiger partial charge in [0.2, 0.25) is 0 Å². The molecule has 0 unspecified atom stereocenters. The molecule has 0 aliphatic carbocycles.